The molecule has 0 N–H and O–H groups in total. The van der Waals surface area contributed by atoms with Crippen LogP contribution in [0.3, 0.4) is 0 Å². The third-order valence-electron chi connectivity index (χ3n) is 5.46. The van der Waals surface area contributed by atoms with Gasteiger partial charge in [0.05, 0.1) is 11.0 Å². The Labute approximate surface area is 164 Å². The summed E-state index contributed by atoms with van der Waals surface area (Å²) in [5, 5.41) is 0. The SMILES string of the molecule is Cc1ccc(C)c(N2CCN(C(=O)c3nc4ccccc4n(C)c3=O)CC2)c1. The standard InChI is InChI=1S/C22H24N4O2/c1-15-8-9-16(2)19(14-15)25-10-12-26(13-11-25)22(28)20-21(27)24(3)18-7-5-4-6-17(18)23-20/h4-9,14H,10-13H2,1-3H3. The van der Waals surface area contributed by atoms with Gasteiger partial charge in [0.1, 0.15) is 0 Å². The summed E-state index contributed by atoms with van der Waals surface area (Å²) in [5.74, 6) is -0.285. The van der Waals surface area contributed by atoms with E-state index in [1.807, 2.05) is 24.3 Å². The topological polar surface area (TPSA) is 58.4 Å². The summed E-state index contributed by atoms with van der Waals surface area (Å²) in [6, 6.07) is 13.8. The van der Waals surface area contributed by atoms with Gasteiger partial charge in [-0.05, 0) is 43.2 Å². The molecule has 1 aromatic heterocycles. The van der Waals surface area contributed by atoms with Gasteiger partial charge in [-0.25, -0.2) is 4.98 Å². The second-order valence-electron chi connectivity index (χ2n) is 7.38. The summed E-state index contributed by atoms with van der Waals surface area (Å²) in [6.07, 6.45) is 0. The fraction of sp³-hybridized carbons (Fsp3) is 0.318. The summed E-state index contributed by atoms with van der Waals surface area (Å²) < 4.78 is 1.50. The van der Waals surface area contributed by atoms with Gasteiger partial charge in [0.2, 0.25) is 0 Å². The number of hydrogen-bond acceptors (Lipinski definition) is 4. The van der Waals surface area contributed by atoms with Crippen molar-refractivity contribution in [2.75, 3.05) is 31.1 Å². The predicted octanol–water partition coefficient (Wildman–Crippen LogP) is 2.51. The number of carbonyl (C=O) groups is 1. The first-order valence-electron chi connectivity index (χ1n) is 9.53. The summed E-state index contributed by atoms with van der Waals surface area (Å²) in [7, 11) is 1.68. The number of anilines is 1. The lowest BCUT2D eigenvalue weighted by molar-refractivity contribution is 0.0738. The molecule has 144 valence electrons. The third-order valence-corrected chi connectivity index (χ3v) is 5.46. The van der Waals surface area contributed by atoms with Gasteiger partial charge in [0.25, 0.3) is 11.5 Å². The highest BCUT2D eigenvalue weighted by molar-refractivity contribution is 5.94. The van der Waals surface area contributed by atoms with Crippen LogP contribution < -0.4 is 10.5 Å². The third kappa shape index (κ3) is 3.15. The molecule has 0 saturated carbocycles. The Morgan fingerprint density at radius 1 is 1.00 bits per heavy atom. The average Bonchev–Trinajstić information content (AvgIpc) is 2.72. The molecule has 3 aromatic rings. The molecule has 1 aliphatic rings. The molecule has 1 fully saturated rings. The Hall–Kier alpha value is -3.15. The number of piperazine rings is 1. The van der Waals surface area contributed by atoms with Crippen molar-refractivity contribution in [1.82, 2.24) is 14.5 Å². The maximum Gasteiger partial charge on any atom is 0.282 e. The number of benzene rings is 2. The van der Waals surface area contributed by atoms with E-state index in [1.54, 1.807) is 11.9 Å². The van der Waals surface area contributed by atoms with Gasteiger partial charge in [0, 0.05) is 38.9 Å². The molecule has 0 aliphatic carbocycles. The van der Waals surface area contributed by atoms with E-state index < -0.39 is 0 Å². The quantitative estimate of drug-likeness (QED) is 0.690. The van der Waals surface area contributed by atoms with Crippen LogP contribution in [0.2, 0.25) is 0 Å². The number of hydrogen-bond donors (Lipinski definition) is 0. The molecule has 2 heterocycles. The van der Waals surface area contributed by atoms with Crippen LogP contribution in [0.4, 0.5) is 5.69 Å². The van der Waals surface area contributed by atoms with E-state index in [0.717, 1.165) is 18.6 Å². The molecule has 0 unspecified atom stereocenters. The van der Waals surface area contributed by atoms with Crippen LogP contribution in [-0.2, 0) is 7.05 Å². The largest absolute Gasteiger partial charge is 0.368 e. The Morgan fingerprint density at radius 3 is 2.46 bits per heavy atom. The highest BCUT2D eigenvalue weighted by Gasteiger charge is 2.26. The first-order valence-corrected chi connectivity index (χ1v) is 9.53. The molecular weight excluding hydrogens is 352 g/mol. The molecule has 0 atom stereocenters. The number of para-hydroxylation sites is 2. The molecule has 1 saturated heterocycles. The van der Waals surface area contributed by atoms with E-state index in [1.165, 1.54) is 21.4 Å². The highest BCUT2D eigenvalue weighted by Crippen LogP contribution is 2.23. The van der Waals surface area contributed by atoms with Gasteiger partial charge in [0.15, 0.2) is 5.69 Å². The number of carbonyl (C=O) groups excluding carboxylic acids is 1. The van der Waals surface area contributed by atoms with Crippen molar-refractivity contribution in [3.8, 4) is 0 Å². The Bertz CT molecular complexity index is 1110. The fourth-order valence-corrected chi connectivity index (χ4v) is 3.78. The number of nitrogens with zero attached hydrogens (tertiary/aromatic N) is 4. The van der Waals surface area contributed by atoms with Crippen LogP contribution in [0, 0.1) is 13.8 Å². The van der Waals surface area contributed by atoms with E-state index in [9.17, 15) is 9.59 Å². The first-order chi connectivity index (χ1) is 13.5. The Balaban J connectivity index is 1.56. The van der Waals surface area contributed by atoms with Crippen molar-refractivity contribution in [3.63, 3.8) is 0 Å². The van der Waals surface area contributed by atoms with Crippen molar-refractivity contribution < 1.29 is 4.79 Å². The minimum Gasteiger partial charge on any atom is -0.368 e. The van der Waals surface area contributed by atoms with Crippen molar-refractivity contribution in [2.45, 2.75) is 13.8 Å². The second-order valence-corrected chi connectivity index (χ2v) is 7.38. The van der Waals surface area contributed by atoms with Crippen LogP contribution in [0.15, 0.2) is 47.3 Å². The monoisotopic (exact) mass is 376 g/mol. The fourth-order valence-electron chi connectivity index (χ4n) is 3.78. The lowest BCUT2D eigenvalue weighted by Gasteiger charge is -2.36. The van der Waals surface area contributed by atoms with Crippen LogP contribution in [0.25, 0.3) is 11.0 Å². The predicted molar refractivity (Wildman–Crippen MR) is 111 cm³/mol. The summed E-state index contributed by atoms with van der Waals surface area (Å²) >= 11 is 0. The zero-order valence-corrected chi connectivity index (χ0v) is 16.5. The van der Waals surface area contributed by atoms with E-state index in [0.29, 0.717) is 18.6 Å². The van der Waals surface area contributed by atoms with Gasteiger partial charge in [-0.2, -0.15) is 0 Å². The van der Waals surface area contributed by atoms with Gasteiger partial charge >= 0.3 is 0 Å². The summed E-state index contributed by atoms with van der Waals surface area (Å²) in [6.45, 7) is 6.82. The molecule has 0 radical (unpaired) electrons. The van der Waals surface area contributed by atoms with Crippen molar-refractivity contribution >= 4 is 22.6 Å². The molecule has 28 heavy (non-hydrogen) atoms. The molecule has 6 heteroatoms. The molecule has 0 spiro atoms. The van der Waals surface area contributed by atoms with Gasteiger partial charge in [-0.1, -0.05) is 24.3 Å². The molecular formula is C22H24N4O2. The molecule has 2 aromatic carbocycles. The number of fused-ring (bicyclic) bond motifs is 1. The summed E-state index contributed by atoms with van der Waals surface area (Å²) in [5.41, 5.74) is 4.71. The Morgan fingerprint density at radius 2 is 1.71 bits per heavy atom. The number of aromatic nitrogens is 2. The Kier molecular flexibility index (Phi) is 4.63. The lowest BCUT2D eigenvalue weighted by Crippen LogP contribution is -2.50. The molecule has 4 rings (SSSR count). The van der Waals surface area contributed by atoms with Gasteiger partial charge in [-0.3, -0.25) is 9.59 Å². The first kappa shape index (κ1) is 18.2. The van der Waals surface area contributed by atoms with E-state index in [-0.39, 0.29) is 17.2 Å². The minimum atomic E-state index is -0.347. The van der Waals surface area contributed by atoms with Gasteiger partial charge < -0.3 is 14.4 Å². The number of aryl methyl sites for hydroxylation is 3. The second kappa shape index (κ2) is 7.11. The minimum absolute atomic E-state index is 0.00128. The normalized spacial score (nSPS) is 14.5. The van der Waals surface area contributed by atoms with Crippen molar-refractivity contribution in [1.29, 1.82) is 0 Å². The molecule has 1 aliphatic heterocycles. The van der Waals surface area contributed by atoms with Crippen LogP contribution in [0.1, 0.15) is 21.6 Å². The average molecular weight is 376 g/mol. The lowest BCUT2D eigenvalue weighted by atomic mass is 10.1. The van der Waals surface area contributed by atoms with Crippen LogP contribution in [-0.4, -0.2) is 46.5 Å². The zero-order chi connectivity index (χ0) is 19.8. The van der Waals surface area contributed by atoms with Crippen molar-refractivity contribution in [3.05, 3.63) is 69.6 Å². The maximum absolute atomic E-state index is 13.0. The van der Waals surface area contributed by atoms with E-state index in [4.69, 9.17) is 0 Å². The van der Waals surface area contributed by atoms with Crippen LogP contribution >= 0.6 is 0 Å². The molecule has 1 amide bonds. The van der Waals surface area contributed by atoms with Crippen LogP contribution in [0.5, 0.6) is 0 Å². The van der Waals surface area contributed by atoms with Gasteiger partial charge in [-0.15, -0.1) is 0 Å². The smallest absolute Gasteiger partial charge is 0.282 e. The maximum atomic E-state index is 13.0. The van der Waals surface area contributed by atoms with E-state index >= 15 is 0 Å². The highest BCUT2D eigenvalue weighted by atomic mass is 16.2. The van der Waals surface area contributed by atoms with Crippen molar-refractivity contribution in [2.24, 2.45) is 7.05 Å². The number of rotatable bonds is 2. The van der Waals surface area contributed by atoms with E-state index in [2.05, 4.69) is 41.9 Å². The summed E-state index contributed by atoms with van der Waals surface area (Å²) in [4.78, 5) is 34.1. The zero-order valence-electron chi connectivity index (χ0n) is 16.5. The molecule has 6 nitrogen and oxygen atoms in total. The molecule has 0 bridgehead atoms. The number of amides is 1.